The summed E-state index contributed by atoms with van der Waals surface area (Å²) in [5.74, 6) is 0. The maximum atomic E-state index is 11.3. The summed E-state index contributed by atoms with van der Waals surface area (Å²) in [5, 5.41) is 13.3. The first-order valence-corrected chi connectivity index (χ1v) is 6.86. The quantitative estimate of drug-likeness (QED) is 0.798. The molecular weight excluding hydrogens is 262 g/mol. The molecule has 106 valence electrons. The molecule has 3 nitrogen and oxygen atoms in total. The van der Waals surface area contributed by atoms with Gasteiger partial charge >= 0.3 is 0 Å². The molecule has 3 heteroatoms. The van der Waals surface area contributed by atoms with E-state index in [2.05, 4.69) is 4.98 Å². The van der Waals surface area contributed by atoms with Crippen molar-refractivity contribution in [1.82, 2.24) is 4.98 Å². The van der Waals surface area contributed by atoms with Crippen molar-refractivity contribution in [2.75, 3.05) is 13.7 Å². The Kier molecular flexibility index (Phi) is 3.69. The smallest absolute Gasteiger partial charge is 0.140 e. The SMILES string of the molecule is COCC(O)(c1ccccc1)c1cncc2ccccc12. The maximum Gasteiger partial charge on any atom is 0.140 e. The zero-order valence-electron chi connectivity index (χ0n) is 11.9. The minimum absolute atomic E-state index is 0.173. The summed E-state index contributed by atoms with van der Waals surface area (Å²) >= 11 is 0. The number of hydrogen-bond acceptors (Lipinski definition) is 3. The Hall–Kier alpha value is -2.23. The van der Waals surface area contributed by atoms with Crippen LogP contribution in [0, 0.1) is 0 Å². The van der Waals surface area contributed by atoms with E-state index < -0.39 is 5.60 Å². The molecule has 0 amide bonds. The van der Waals surface area contributed by atoms with Crippen LogP contribution in [0.2, 0.25) is 0 Å². The molecule has 0 aliphatic heterocycles. The summed E-state index contributed by atoms with van der Waals surface area (Å²) in [5.41, 5.74) is 0.336. The molecule has 0 radical (unpaired) electrons. The number of fused-ring (bicyclic) bond motifs is 1. The molecule has 0 spiro atoms. The van der Waals surface area contributed by atoms with E-state index in [4.69, 9.17) is 4.74 Å². The number of aliphatic hydroxyl groups is 1. The van der Waals surface area contributed by atoms with Crippen LogP contribution >= 0.6 is 0 Å². The molecular formula is C18H17NO2. The molecule has 2 aromatic carbocycles. The van der Waals surface area contributed by atoms with Gasteiger partial charge in [-0.2, -0.15) is 0 Å². The van der Waals surface area contributed by atoms with Crippen molar-refractivity contribution >= 4 is 10.8 Å². The molecule has 21 heavy (non-hydrogen) atoms. The maximum absolute atomic E-state index is 11.3. The van der Waals surface area contributed by atoms with Gasteiger partial charge in [0.05, 0.1) is 6.61 Å². The first kappa shape index (κ1) is 13.7. The molecule has 1 aromatic heterocycles. The van der Waals surface area contributed by atoms with E-state index in [-0.39, 0.29) is 6.61 Å². The van der Waals surface area contributed by atoms with E-state index in [1.165, 1.54) is 0 Å². The van der Waals surface area contributed by atoms with Crippen molar-refractivity contribution in [2.45, 2.75) is 5.60 Å². The van der Waals surface area contributed by atoms with Crippen molar-refractivity contribution < 1.29 is 9.84 Å². The average Bonchev–Trinajstić information content (AvgIpc) is 2.55. The molecule has 1 atom stereocenters. The van der Waals surface area contributed by atoms with E-state index in [1.54, 1.807) is 19.5 Å². The monoisotopic (exact) mass is 279 g/mol. The van der Waals surface area contributed by atoms with Gasteiger partial charge in [-0.3, -0.25) is 4.98 Å². The van der Waals surface area contributed by atoms with Crippen molar-refractivity contribution in [3.05, 3.63) is 78.1 Å². The van der Waals surface area contributed by atoms with Crippen LogP contribution in [-0.2, 0) is 10.3 Å². The lowest BCUT2D eigenvalue weighted by atomic mass is 9.85. The van der Waals surface area contributed by atoms with Crippen LogP contribution in [0.5, 0.6) is 0 Å². The van der Waals surface area contributed by atoms with Crippen molar-refractivity contribution in [3.8, 4) is 0 Å². The number of rotatable bonds is 4. The molecule has 0 bridgehead atoms. The first-order chi connectivity index (χ1) is 10.3. The zero-order valence-corrected chi connectivity index (χ0v) is 11.9. The fraction of sp³-hybridized carbons (Fsp3) is 0.167. The summed E-state index contributed by atoms with van der Waals surface area (Å²) in [7, 11) is 1.59. The lowest BCUT2D eigenvalue weighted by Crippen LogP contribution is -2.33. The number of hydrogen-bond donors (Lipinski definition) is 1. The molecule has 0 fully saturated rings. The number of benzene rings is 2. The highest BCUT2D eigenvalue weighted by Gasteiger charge is 2.33. The number of pyridine rings is 1. The van der Waals surface area contributed by atoms with Gasteiger partial charge in [0.2, 0.25) is 0 Å². The van der Waals surface area contributed by atoms with E-state index in [0.29, 0.717) is 0 Å². The van der Waals surface area contributed by atoms with Crippen LogP contribution in [0.4, 0.5) is 0 Å². The summed E-state index contributed by atoms with van der Waals surface area (Å²) in [6, 6.07) is 17.5. The predicted molar refractivity (Wildman–Crippen MR) is 83.1 cm³/mol. The second-order valence-corrected chi connectivity index (χ2v) is 5.07. The number of aromatic nitrogens is 1. The summed E-state index contributed by atoms with van der Waals surface area (Å²) < 4.78 is 5.29. The third-order valence-corrected chi connectivity index (χ3v) is 3.72. The second kappa shape index (κ2) is 5.64. The third-order valence-electron chi connectivity index (χ3n) is 3.72. The molecule has 0 aliphatic rings. The van der Waals surface area contributed by atoms with Gasteiger partial charge in [0, 0.05) is 30.5 Å². The van der Waals surface area contributed by atoms with Crippen LogP contribution in [0.1, 0.15) is 11.1 Å². The minimum Gasteiger partial charge on any atom is -0.381 e. The lowest BCUT2D eigenvalue weighted by Gasteiger charge is -2.29. The Morgan fingerprint density at radius 3 is 2.48 bits per heavy atom. The molecule has 1 unspecified atom stereocenters. The van der Waals surface area contributed by atoms with Crippen molar-refractivity contribution in [1.29, 1.82) is 0 Å². The lowest BCUT2D eigenvalue weighted by molar-refractivity contribution is -0.00242. The highest BCUT2D eigenvalue weighted by molar-refractivity contribution is 5.85. The summed E-state index contributed by atoms with van der Waals surface area (Å²) in [4.78, 5) is 4.27. The third kappa shape index (κ3) is 2.42. The van der Waals surface area contributed by atoms with Crippen molar-refractivity contribution in [3.63, 3.8) is 0 Å². The molecule has 1 heterocycles. The number of ether oxygens (including phenoxy) is 1. The van der Waals surface area contributed by atoms with E-state index in [0.717, 1.165) is 21.9 Å². The Bertz CT molecular complexity index is 737. The van der Waals surface area contributed by atoms with Crippen molar-refractivity contribution in [2.24, 2.45) is 0 Å². The summed E-state index contributed by atoms with van der Waals surface area (Å²) in [6.07, 6.45) is 3.52. The van der Waals surface area contributed by atoms with E-state index in [1.807, 2.05) is 54.6 Å². The molecule has 0 saturated heterocycles. The highest BCUT2D eigenvalue weighted by atomic mass is 16.5. The standard InChI is InChI=1S/C18H17NO2/c1-21-13-18(20,15-8-3-2-4-9-15)17-12-19-11-14-7-5-6-10-16(14)17/h2-12,20H,13H2,1H3. The van der Waals surface area contributed by atoms with Gasteiger partial charge in [-0.15, -0.1) is 0 Å². The Balaban J connectivity index is 2.25. The molecule has 0 aliphatic carbocycles. The molecule has 3 aromatic rings. The van der Waals surface area contributed by atoms with Gasteiger partial charge in [-0.05, 0) is 10.9 Å². The largest absolute Gasteiger partial charge is 0.381 e. The van der Waals surface area contributed by atoms with Gasteiger partial charge in [0.25, 0.3) is 0 Å². The van der Waals surface area contributed by atoms with Crippen LogP contribution in [0.15, 0.2) is 67.0 Å². The fourth-order valence-corrected chi connectivity index (χ4v) is 2.69. The van der Waals surface area contributed by atoms with Crippen LogP contribution in [0.3, 0.4) is 0 Å². The Morgan fingerprint density at radius 2 is 1.71 bits per heavy atom. The first-order valence-electron chi connectivity index (χ1n) is 6.86. The van der Waals surface area contributed by atoms with Gasteiger partial charge in [-0.25, -0.2) is 0 Å². The number of nitrogens with zero attached hydrogens (tertiary/aromatic N) is 1. The van der Waals surface area contributed by atoms with Gasteiger partial charge in [0.1, 0.15) is 5.60 Å². The zero-order chi connectivity index (χ0) is 14.7. The van der Waals surface area contributed by atoms with Gasteiger partial charge in [-0.1, -0.05) is 54.6 Å². The van der Waals surface area contributed by atoms with Gasteiger partial charge in [0.15, 0.2) is 0 Å². The molecule has 1 N–H and O–H groups in total. The topological polar surface area (TPSA) is 42.4 Å². The van der Waals surface area contributed by atoms with Crippen LogP contribution in [0.25, 0.3) is 10.8 Å². The predicted octanol–water partition coefficient (Wildman–Crippen LogP) is 3.12. The van der Waals surface area contributed by atoms with Crippen LogP contribution < -0.4 is 0 Å². The Labute approximate surface area is 123 Å². The Morgan fingerprint density at radius 1 is 1.00 bits per heavy atom. The number of methoxy groups -OCH3 is 1. The summed E-state index contributed by atoms with van der Waals surface area (Å²) in [6.45, 7) is 0.173. The molecule has 0 saturated carbocycles. The highest BCUT2D eigenvalue weighted by Crippen LogP contribution is 2.34. The van der Waals surface area contributed by atoms with Crippen LogP contribution in [-0.4, -0.2) is 23.8 Å². The second-order valence-electron chi connectivity index (χ2n) is 5.07. The fourth-order valence-electron chi connectivity index (χ4n) is 2.69. The minimum atomic E-state index is -1.22. The van der Waals surface area contributed by atoms with Gasteiger partial charge < -0.3 is 9.84 Å². The van der Waals surface area contributed by atoms with E-state index >= 15 is 0 Å². The van der Waals surface area contributed by atoms with E-state index in [9.17, 15) is 5.11 Å². The average molecular weight is 279 g/mol. The normalized spacial score (nSPS) is 14.0. The molecule has 3 rings (SSSR count).